The number of nitrogens with zero attached hydrogens (tertiary/aromatic N) is 4. The summed E-state index contributed by atoms with van der Waals surface area (Å²) in [6, 6.07) is 2.04. The van der Waals surface area contributed by atoms with Gasteiger partial charge < -0.3 is 9.84 Å². The molecule has 0 spiro atoms. The fourth-order valence-corrected chi connectivity index (χ4v) is 1.80. The summed E-state index contributed by atoms with van der Waals surface area (Å²) in [6.45, 7) is 1.96. The van der Waals surface area contributed by atoms with Gasteiger partial charge >= 0.3 is 5.97 Å². The molecule has 1 fully saturated rings. The highest BCUT2D eigenvalue weighted by Gasteiger charge is 2.22. The lowest BCUT2D eigenvalue weighted by atomic mass is 10.2. The molecule has 0 aromatic carbocycles. The minimum absolute atomic E-state index is 0.0949. The summed E-state index contributed by atoms with van der Waals surface area (Å²) < 4.78 is 5.22. The standard InChI is InChI=1S/C11H12N4O3/c12-3-8-5-15(1-2-18-8)6-10-9(11(16)17)4-13-7-14-10/h4,7-8H,1-2,5-6H2,(H,16,17). The van der Waals surface area contributed by atoms with Crippen LogP contribution in [-0.4, -0.2) is 51.7 Å². The first-order valence-corrected chi connectivity index (χ1v) is 5.46. The van der Waals surface area contributed by atoms with Gasteiger partial charge in [-0.3, -0.25) is 4.90 Å². The molecule has 0 saturated carbocycles. The van der Waals surface area contributed by atoms with Gasteiger partial charge in [0.1, 0.15) is 11.9 Å². The second-order valence-electron chi connectivity index (χ2n) is 3.91. The van der Waals surface area contributed by atoms with E-state index in [0.29, 0.717) is 31.9 Å². The van der Waals surface area contributed by atoms with E-state index in [0.717, 1.165) is 0 Å². The molecule has 7 heteroatoms. The van der Waals surface area contributed by atoms with Gasteiger partial charge in [-0.2, -0.15) is 5.26 Å². The molecule has 18 heavy (non-hydrogen) atoms. The van der Waals surface area contributed by atoms with Crippen LogP contribution in [0.4, 0.5) is 0 Å². The molecule has 1 aliphatic heterocycles. The van der Waals surface area contributed by atoms with E-state index in [9.17, 15) is 4.79 Å². The Labute approximate surface area is 104 Å². The highest BCUT2D eigenvalue weighted by molar-refractivity contribution is 5.88. The number of aromatic carboxylic acids is 1. The average Bonchev–Trinajstić information content (AvgIpc) is 2.39. The highest BCUT2D eigenvalue weighted by atomic mass is 16.5. The SMILES string of the molecule is N#CC1CN(Cc2ncncc2C(=O)O)CCO1. The van der Waals surface area contributed by atoms with Gasteiger partial charge in [0.05, 0.1) is 18.4 Å². The number of hydrogen-bond acceptors (Lipinski definition) is 6. The van der Waals surface area contributed by atoms with E-state index in [4.69, 9.17) is 15.1 Å². The van der Waals surface area contributed by atoms with Gasteiger partial charge in [0.2, 0.25) is 0 Å². The Morgan fingerprint density at radius 3 is 3.28 bits per heavy atom. The van der Waals surface area contributed by atoms with Crippen LogP contribution in [0.5, 0.6) is 0 Å². The maximum Gasteiger partial charge on any atom is 0.339 e. The van der Waals surface area contributed by atoms with Crippen molar-refractivity contribution in [3.05, 3.63) is 23.8 Å². The molecule has 2 rings (SSSR count). The number of morpholine rings is 1. The monoisotopic (exact) mass is 248 g/mol. The summed E-state index contributed by atoms with van der Waals surface area (Å²) in [5, 5.41) is 17.8. The second-order valence-corrected chi connectivity index (χ2v) is 3.91. The van der Waals surface area contributed by atoms with Gasteiger partial charge in [-0.05, 0) is 0 Å². The van der Waals surface area contributed by atoms with Crippen LogP contribution in [0, 0.1) is 11.3 Å². The van der Waals surface area contributed by atoms with Crippen molar-refractivity contribution in [1.82, 2.24) is 14.9 Å². The minimum Gasteiger partial charge on any atom is -0.478 e. The van der Waals surface area contributed by atoms with E-state index in [1.807, 2.05) is 11.0 Å². The maximum atomic E-state index is 11.0. The summed E-state index contributed by atoms with van der Waals surface area (Å²) in [7, 11) is 0. The van der Waals surface area contributed by atoms with Crippen LogP contribution in [0.25, 0.3) is 0 Å². The number of rotatable bonds is 3. The second kappa shape index (κ2) is 5.53. The van der Waals surface area contributed by atoms with Crippen molar-refractivity contribution in [3.63, 3.8) is 0 Å². The van der Waals surface area contributed by atoms with Crippen LogP contribution in [0.15, 0.2) is 12.5 Å². The van der Waals surface area contributed by atoms with E-state index < -0.39 is 12.1 Å². The molecule has 1 saturated heterocycles. The van der Waals surface area contributed by atoms with Gasteiger partial charge in [-0.15, -0.1) is 0 Å². The average molecular weight is 248 g/mol. The number of carbonyl (C=O) groups is 1. The van der Waals surface area contributed by atoms with Crippen molar-refractivity contribution in [2.75, 3.05) is 19.7 Å². The molecule has 0 aliphatic carbocycles. The lowest BCUT2D eigenvalue weighted by Crippen LogP contribution is -2.41. The largest absolute Gasteiger partial charge is 0.478 e. The number of nitriles is 1. The molecular formula is C11H12N4O3. The topological polar surface area (TPSA) is 99.3 Å². The third-order valence-electron chi connectivity index (χ3n) is 2.69. The van der Waals surface area contributed by atoms with Gasteiger partial charge in [0.15, 0.2) is 6.10 Å². The molecule has 2 heterocycles. The molecule has 0 radical (unpaired) electrons. The number of hydrogen-bond donors (Lipinski definition) is 1. The van der Waals surface area contributed by atoms with Gasteiger partial charge in [-0.25, -0.2) is 14.8 Å². The van der Waals surface area contributed by atoms with Crippen molar-refractivity contribution in [3.8, 4) is 6.07 Å². The predicted molar refractivity (Wildman–Crippen MR) is 59.6 cm³/mol. The van der Waals surface area contributed by atoms with Crippen molar-refractivity contribution < 1.29 is 14.6 Å². The quantitative estimate of drug-likeness (QED) is 0.797. The van der Waals surface area contributed by atoms with Crippen LogP contribution >= 0.6 is 0 Å². The van der Waals surface area contributed by atoms with Crippen LogP contribution in [0.3, 0.4) is 0 Å². The first-order valence-electron chi connectivity index (χ1n) is 5.46. The maximum absolute atomic E-state index is 11.0. The molecule has 1 aliphatic rings. The molecule has 7 nitrogen and oxygen atoms in total. The van der Waals surface area contributed by atoms with Gasteiger partial charge in [-0.1, -0.05) is 0 Å². The summed E-state index contributed by atoms with van der Waals surface area (Å²) in [4.78, 5) is 20.6. The Kier molecular flexibility index (Phi) is 3.82. The normalized spacial score (nSPS) is 20.3. The third-order valence-corrected chi connectivity index (χ3v) is 2.69. The first-order chi connectivity index (χ1) is 8.70. The molecule has 0 bridgehead atoms. The Morgan fingerprint density at radius 1 is 1.72 bits per heavy atom. The van der Waals surface area contributed by atoms with Crippen LogP contribution in [0.2, 0.25) is 0 Å². The zero-order chi connectivity index (χ0) is 13.0. The minimum atomic E-state index is -1.05. The molecule has 1 atom stereocenters. The first kappa shape index (κ1) is 12.4. The van der Waals surface area contributed by atoms with E-state index >= 15 is 0 Å². The van der Waals surface area contributed by atoms with E-state index in [1.54, 1.807) is 0 Å². The van der Waals surface area contributed by atoms with Crippen molar-refractivity contribution in [1.29, 1.82) is 5.26 Å². The van der Waals surface area contributed by atoms with Gasteiger partial charge in [0.25, 0.3) is 0 Å². The third kappa shape index (κ3) is 2.80. The fraction of sp³-hybridized carbons (Fsp3) is 0.455. The number of carboxylic acids is 1. The number of carboxylic acid groups (broad SMARTS) is 1. The molecule has 0 amide bonds. The molecular weight excluding hydrogens is 236 g/mol. The van der Waals surface area contributed by atoms with Crippen molar-refractivity contribution >= 4 is 5.97 Å². The Bertz CT molecular complexity index is 485. The smallest absolute Gasteiger partial charge is 0.339 e. The van der Waals surface area contributed by atoms with Crippen molar-refractivity contribution in [2.45, 2.75) is 12.6 Å². The van der Waals surface area contributed by atoms with E-state index in [1.165, 1.54) is 12.5 Å². The lowest BCUT2D eigenvalue weighted by molar-refractivity contribution is -0.00325. The predicted octanol–water partition coefficient (Wildman–Crippen LogP) is -0.101. The summed E-state index contributed by atoms with van der Waals surface area (Å²) >= 11 is 0. The Balaban J connectivity index is 2.10. The zero-order valence-electron chi connectivity index (χ0n) is 9.61. The van der Waals surface area contributed by atoms with Crippen LogP contribution in [0.1, 0.15) is 16.1 Å². The fourth-order valence-electron chi connectivity index (χ4n) is 1.80. The summed E-state index contributed by atoms with van der Waals surface area (Å²) in [5.41, 5.74) is 0.550. The lowest BCUT2D eigenvalue weighted by Gasteiger charge is -2.29. The summed E-state index contributed by atoms with van der Waals surface area (Å²) in [6.07, 6.45) is 2.14. The van der Waals surface area contributed by atoms with Crippen LogP contribution in [-0.2, 0) is 11.3 Å². The molecule has 1 unspecified atom stereocenters. The molecule has 1 N–H and O–H groups in total. The number of ether oxygens (including phenoxy) is 1. The summed E-state index contributed by atoms with van der Waals surface area (Å²) in [5.74, 6) is -1.05. The molecule has 1 aromatic rings. The number of aromatic nitrogens is 2. The van der Waals surface area contributed by atoms with E-state index in [-0.39, 0.29) is 5.56 Å². The van der Waals surface area contributed by atoms with Crippen LogP contribution < -0.4 is 0 Å². The highest BCUT2D eigenvalue weighted by Crippen LogP contribution is 2.11. The van der Waals surface area contributed by atoms with Crippen molar-refractivity contribution in [2.24, 2.45) is 0 Å². The Morgan fingerprint density at radius 2 is 2.56 bits per heavy atom. The van der Waals surface area contributed by atoms with E-state index in [2.05, 4.69) is 9.97 Å². The molecule has 1 aromatic heterocycles. The Hall–Kier alpha value is -2.04. The molecule has 94 valence electrons. The van der Waals surface area contributed by atoms with Gasteiger partial charge in [0, 0.05) is 25.8 Å². The zero-order valence-corrected chi connectivity index (χ0v) is 9.61.